The zero-order valence-corrected chi connectivity index (χ0v) is 33.4. The molecule has 1 aromatic carbocycles. The van der Waals surface area contributed by atoms with Crippen LogP contribution in [0, 0.1) is 0 Å². The van der Waals surface area contributed by atoms with Gasteiger partial charge in [-0.05, 0) is 30.2 Å². The van der Waals surface area contributed by atoms with E-state index in [9.17, 15) is 48.3 Å². The maximum Gasteiger partial charge on any atom is 1.00 e. The molecule has 1 unspecified atom stereocenters. The summed E-state index contributed by atoms with van der Waals surface area (Å²) in [5.74, 6) is -8.11. The Morgan fingerprint density at radius 1 is 1.09 bits per heavy atom. The van der Waals surface area contributed by atoms with Crippen molar-refractivity contribution in [3.05, 3.63) is 40.5 Å². The molecule has 3 N–H and O–H groups in total. The topological polar surface area (TPSA) is 267 Å². The number of rotatable bonds is 13. The van der Waals surface area contributed by atoms with Gasteiger partial charge in [-0.15, -0.1) is 22.0 Å². The number of hydrogen-bond acceptors (Lipinski definition) is 17. The quantitative estimate of drug-likeness (QED) is 0.0250. The fourth-order valence-electron chi connectivity index (χ4n) is 5.59. The Balaban J connectivity index is 0.00000650. The van der Waals surface area contributed by atoms with Gasteiger partial charge in [-0.1, -0.05) is 29.2 Å². The Hall–Kier alpha value is -4.55. The SMILES string of the molecule is CCN1CCN(C(=O)NC(C(=O)N[C@]2(NC=O)C(=O)N3C(C(=O)[O-])=C(CSc4nncs4)CS[C@H]32)c2ccc(OC(C)=O)c(OC(C)=O)c2)C(=O)C1=O.[Na+]. The molecule has 0 spiro atoms. The monoisotopic (exact) mass is 812 g/mol. The van der Waals surface area contributed by atoms with Crippen molar-refractivity contribution >= 4 is 88.8 Å². The number of imide groups is 1. The Labute approximate surface area is 340 Å². The van der Waals surface area contributed by atoms with Crippen LogP contribution < -0.4 is 60.1 Å². The van der Waals surface area contributed by atoms with Crippen molar-refractivity contribution in [3.8, 4) is 11.5 Å². The van der Waals surface area contributed by atoms with Crippen molar-refractivity contribution in [1.82, 2.24) is 40.8 Å². The summed E-state index contributed by atoms with van der Waals surface area (Å²) in [6.07, 6.45) is 0.122. The third-order valence-corrected chi connectivity index (χ3v) is 11.3. The first-order valence-corrected chi connectivity index (χ1v) is 18.4. The Kier molecular flexibility index (Phi) is 13.8. The number of β-lactam (4-membered cyclic amide) rings is 1. The van der Waals surface area contributed by atoms with E-state index < -0.39 is 70.3 Å². The molecule has 0 bridgehead atoms. The molecule has 1 aromatic heterocycles. The zero-order chi connectivity index (χ0) is 38.6. The molecular formula is C30H29N8NaO12S3. The number of hydrogen-bond donors (Lipinski definition) is 3. The van der Waals surface area contributed by atoms with Gasteiger partial charge in [0.25, 0.3) is 5.91 Å². The summed E-state index contributed by atoms with van der Waals surface area (Å²) in [4.78, 5) is 118. The van der Waals surface area contributed by atoms with Gasteiger partial charge in [0, 0.05) is 45.0 Å². The van der Waals surface area contributed by atoms with Gasteiger partial charge in [0.1, 0.15) is 16.9 Å². The van der Waals surface area contributed by atoms with E-state index in [-0.39, 0.29) is 84.2 Å². The van der Waals surface area contributed by atoms with Gasteiger partial charge in [0.05, 0.1) is 11.7 Å². The molecule has 3 atom stereocenters. The molecule has 5 rings (SSSR count). The largest absolute Gasteiger partial charge is 1.00 e. The van der Waals surface area contributed by atoms with E-state index in [0.29, 0.717) is 14.8 Å². The molecule has 24 heteroatoms. The minimum atomic E-state index is -2.25. The first-order valence-electron chi connectivity index (χ1n) is 15.4. The van der Waals surface area contributed by atoms with Gasteiger partial charge in [0.15, 0.2) is 15.8 Å². The summed E-state index contributed by atoms with van der Waals surface area (Å²) < 4.78 is 10.8. The number of esters is 2. The predicted octanol–water partition coefficient (Wildman–Crippen LogP) is -4.90. The van der Waals surface area contributed by atoms with Crippen LogP contribution in [0.3, 0.4) is 0 Å². The van der Waals surface area contributed by atoms with Crippen LogP contribution in [0.15, 0.2) is 39.3 Å². The predicted molar refractivity (Wildman–Crippen MR) is 180 cm³/mol. The van der Waals surface area contributed by atoms with Gasteiger partial charge in [0.2, 0.25) is 18.0 Å². The Morgan fingerprint density at radius 2 is 1.80 bits per heavy atom. The van der Waals surface area contributed by atoms with E-state index in [1.54, 1.807) is 6.92 Å². The number of piperazine rings is 1. The van der Waals surface area contributed by atoms with Crippen LogP contribution in [0.2, 0.25) is 0 Å². The van der Waals surface area contributed by atoms with E-state index >= 15 is 0 Å². The number of ether oxygens (including phenoxy) is 2. The summed E-state index contributed by atoms with van der Waals surface area (Å²) >= 11 is 3.43. The van der Waals surface area contributed by atoms with Gasteiger partial charge in [-0.2, -0.15) is 0 Å². The molecule has 2 aromatic rings. The minimum Gasteiger partial charge on any atom is -0.543 e. The summed E-state index contributed by atoms with van der Waals surface area (Å²) in [5, 5.41) is 25.8. The average Bonchev–Trinajstić information content (AvgIpc) is 3.64. The number of carbonyl (C=O) groups is 9. The number of nitrogens with one attached hydrogen (secondary N) is 3. The number of benzene rings is 1. The van der Waals surface area contributed by atoms with Crippen LogP contribution in [-0.2, 0) is 38.4 Å². The van der Waals surface area contributed by atoms with Crippen LogP contribution in [-0.4, -0.2) is 121 Å². The minimum absolute atomic E-state index is 0. The average molecular weight is 813 g/mol. The normalized spacial score (nSPS) is 19.8. The molecule has 2 saturated heterocycles. The van der Waals surface area contributed by atoms with Crippen molar-refractivity contribution in [1.29, 1.82) is 0 Å². The number of nitrogens with zero attached hydrogens (tertiary/aromatic N) is 5. The molecular weight excluding hydrogens is 784 g/mol. The summed E-state index contributed by atoms with van der Waals surface area (Å²) in [5.41, 5.74) is -1.04. The van der Waals surface area contributed by atoms with E-state index in [1.807, 2.05) is 0 Å². The molecule has 54 heavy (non-hydrogen) atoms. The summed E-state index contributed by atoms with van der Waals surface area (Å²) in [6, 6.07) is 0.408. The van der Waals surface area contributed by atoms with Crippen LogP contribution in [0.5, 0.6) is 11.5 Å². The van der Waals surface area contributed by atoms with Crippen LogP contribution >= 0.6 is 34.9 Å². The number of carboxylic acid groups (broad SMARTS) is 1. The molecule has 2 fully saturated rings. The fraction of sp³-hybridized carbons (Fsp3) is 0.367. The summed E-state index contributed by atoms with van der Waals surface area (Å²) in [7, 11) is 0. The number of amides is 7. The maximum absolute atomic E-state index is 14.2. The number of aliphatic carboxylic acids is 1. The number of likely N-dealkylation sites (N-methyl/N-ethyl adjacent to an activating group) is 1. The molecule has 3 aliphatic rings. The molecule has 3 aliphatic heterocycles. The van der Waals surface area contributed by atoms with E-state index in [2.05, 4.69) is 26.1 Å². The molecule has 7 amide bonds. The smallest absolute Gasteiger partial charge is 0.543 e. The molecule has 280 valence electrons. The number of urea groups is 1. The maximum atomic E-state index is 14.2. The first-order chi connectivity index (χ1) is 25.2. The van der Waals surface area contributed by atoms with Crippen molar-refractivity contribution in [2.24, 2.45) is 0 Å². The van der Waals surface area contributed by atoms with Crippen LogP contribution in [0.25, 0.3) is 0 Å². The van der Waals surface area contributed by atoms with Gasteiger partial charge >= 0.3 is 59.3 Å². The van der Waals surface area contributed by atoms with Gasteiger partial charge < -0.3 is 40.2 Å². The summed E-state index contributed by atoms with van der Waals surface area (Å²) in [6.45, 7) is 3.75. The van der Waals surface area contributed by atoms with E-state index in [0.717, 1.165) is 42.6 Å². The van der Waals surface area contributed by atoms with Crippen molar-refractivity contribution < 1.29 is 87.3 Å². The van der Waals surface area contributed by atoms with Crippen molar-refractivity contribution in [2.45, 2.75) is 42.2 Å². The fourth-order valence-corrected chi connectivity index (χ4v) is 8.64. The second-order valence-electron chi connectivity index (χ2n) is 11.2. The van der Waals surface area contributed by atoms with E-state index in [1.165, 1.54) is 39.6 Å². The van der Waals surface area contributed by atoms with E-state index in [4.69, 9.17) is 9.47 Å². The second-order valence-corrected chi connectivity index (χ2v) is 14.4. The zero-order valence-electron chi connectivity index (χ0n) is 28.9. The molecule has 20 nitrogen and oxygen atoms in total. The molecule has 0 radical (unpaired) electrons. The van der Waals surface area contributed by atoms with Crippen molar-refractivity contribution in [3.63, 3.8) is 0 Å². The number of thioether (sulfide) groups is 2. The Morgan fingerprint density at radius 3 is 2.41 bits per heavy atom. The number of fused-ring (bicyclic) bond motifs is 1. The van der Waals surface area contributed by atoms with Crippen molar-refractivity contribution in [2.75, 3.05) is 31.1 Å². The number of carboxylic acids is 1. The molecule has 0 aliphatic carbocycles. The number of carbonyl (C=O) groups excluding carboxylic acids is 9. The Bertz CT molecular complexity index is 1930. The molecule has 0 saturated carbocycles. The van der Waals surface area contributed by atoms with Crippen LogP contribution in [0.1, 0.15) is 32.4 Å². The first kappa shape index (κ1) is 42.2. The number of aromatic nitrogens is 2. The van der Waals surface area contributed by atoms with Gasteiger partial charge in [-0.3, -0.25) is 43.4 Å². The van der Waals surface area contributed by atoms with Crippen LogP contribution in [0.4, 0.5) is 4.79 Å². The third kappa shape index (κ3) is 8.55. The van der Waals surface area contributed by atoms with Gasteiger partial charge in [-0.25, -0.2) is 4.79 Å². The molecule has 4 heterocycles. The second kappa shape index (κ2) is 17.7. The third-order valence-electron chi connectivity index (χ3n) is 7.94. The standard InChI is InChI=1S/C30H30N8O12S3.Na/c1-4-36-7-8-37(24(44)23(36)43)28(48)33-20(16-5-6-18(49-14(2)40)19(9-16)50-15(3)41)22(42)34-30(31-12-39)26(47)38-21(25(45)46)17(10-51-27(30)38)11-52-29-35-32-13-53-29;/h5-6,9,12-13,20,27H,4,7-8,10-11H2,1-3H3,(H,31,39)(H,33,48)(H,34,42)(H,45,46);/q;+1/p-1/t20?,27-,30+;/m0./s1.